The van der Waals surface area contributed by atoms with Crippen molar-refractivity contribution in [2.45, 2.75) is 25.7 Å². The Morgan fingerprint density at radius 2 is 1.74 bits per heavy atom. The van der Waals surface area contributed by atoms with E-state index in [2.05, 4.69) is 15.4 Å². The molecule has 0 aromatic carbocycles. The molecule has 0 radical (unpaired) electrons. The quantitative estimate of drug-likeness (QED) is 0.165. The fourth-order valence-corrected chi connectivity index (χ4v) is 1.60. The fraction of sp³-hybridized carbons (Fsp3) is 0.500. The third kappa shape index (κ3) is 4.59. The molecule has 0 heterocycles. The number of ether oxygens (including phenoxy) is 2. The van der Waals surface area contributed by atoms with E-state index in [-0.39, 0.29) is 12.8 Å². The molecule has 0 aromatic rings. The highest BCUT2D eigenvalue weighted by Crippen LogP contribution is 2.30. The predicted molar refractivity (Wildman–Crippen MR) is 69.0 cm³/mol. The van der Waals surface area contributed by atoms with Crippen LogP contribution in [0.4, 0.5) is 0 Å². The molecule has 104 valence electrons. The molecule has 0 atom stereocenters. The molecule has 0 bridgehead atoms. The molecular formula is C14H18O5. The van der Waals surface area contributed by atoms with Crippen LogP contribution in [0.2, 0.25) is 0 Å². The molecule has 0 aliphatic heterocycles. The van der Waals surface area contributed by atoms with Gasteiger partial charge in [-0.25, -0.2) is 0 Å². The molecule has 0 rings (SSSR count). The second-order valence-corrected chi connectivity index (χ2v) is 3.87. The lowest BCUT2D eigenvalue weighted by Crippen LogP contribution is -2.40. The lowest BCUT2D eigenvalue weighted by Gasteiger charge is -2.24. The second-order valence-electron chi connectivity index (χ2n) is 3.87. The molecule has 0 saturated carbocycles. The van der Waals surface area contributed by atoms with Crippen LogP contribution in [-0.2, 0) is 23.9 Å². The summed E-state index contributed by atoms with van der Waals surface area (Å²) in [5, 5.41) is 0. The Balaban J connectivity index is 5.07. The average Bonchev–Trinajstić information content (AvgIpc) is 2.44. The smallest absolute Gasteiger partial charge is 0.324 e. The van der Waals surface area contributed by atoms with Gasteiger partial charge < -0.3 is 14.3 Å². The van der Waals surface area contributed by atoms with E-state index in [9.17, 15) is 14.4 Å². The van der Waals surface area contributed by atoms with Crippen molar-refractivity contribution >= 4 is 18.2 Å². The zero-order chi connectivity index (χ0) is 14.7. The third-order valence-electron chi connectivity index (χ3n) is 2.64. The number of rotatable bonds is 8. The normalized spacial score (nSPS) is 10.8. The standard InChI is InChI=1S/C14H18O5/c1-4-9-14(12(16)18-2,13(17)19-3)10-7-5-6-8-11-15/h1,5,7,11H,6,8-10H2,2-3H3/b7-5+. The van der Waals surface area contributed by atoms with Gasteiger partial charge in [-0.05, 0) is 12.8 Å². The summed E-state index contributed by atoms with van der Waals surface area (Å²) in [6, 6.07) is 0. The molecule has 0 amide bonds. The lowest BCUT2D eigenvalue weighted by molar-refractivity contribution is -0.168. The van der Waals surface area contributed by atoms with Crippen LogP contribution in [0.1, 0.15) is 25.7 Å². The van der Waals surface area contributed by atoms with Gasteiger partial charge in [0, 0.05) is 12.8 Å². The summed E-state index contributed by atoms with van der Waals surface area (Å²) in [4.78, 5) is 33.8. The molecule has 0 aromatic heterocycles. The highest BCUT2D eigenvalue weighted by molar-refractivity contribution is 6.00. The lowest BCUT2D eigenvalue weighted by atomic mass is 9.81. The molecule has 19 heavy (non-hydrogen) atoms. The van der Waals surface area contributed by atoms with Gasteiger partial charge in [-0.15, -0.1) is 12.3 Å². The molecule has 0 N–H and O–H groups in total. The number of carbonyl (C=O) groups is 3. The maximum atomic E-state index is 11.8. The van der Waals surface area contributed by atoms with Crippen LogP contribution in [0.3, 0.4) is 0 Å². The largest absolute Gasteiger partial charge is 0.468 e. The number of hydrogen-bond donors (Lipinski definition) is 0. The average molecular weight is 266 g/mol. The van der Waals surface area contributed by atoms with Crippen molar-refractivity contribution in [3.8, 4) is 12.3 Å². The minimum Gasteiger partial charge on any atom is -0.468 e. The van der Waals surface area contributed by atoms with Crippen LogP contribution in [0.25, 0.3) is 0 Å². The van der Waals surface area contributed by atoms with Crippen molar-refractivity contribution < 1.29 is 23.9 Å². The van der Waals surface area contributed by atoms with Crippen LogP contribution in [0.5, 0.6) is 0 Å². The first-order chi connectivity index (χ1) is 9.08. The Hall–Kier alpha value is -2.09. The first kappa shape index (κ1) is 16.9. The van der Waals surface area contributed by atoms with Crippen LogP contribution in [0.15, 0.2) is 12.2 Å². The summed E-state index contributed by atoms with van der Waals surface area (Å²) in [5.41, 5.74) is -1.52. The Labute approximate surface area is 113 Å². The summed E-state index contributed by atoms with van der Waals surface area (Å²) in [5.74, 6) is 0.850. The van der Waals surface area contributed by atoms with Gasteiger partial charge in [0.15, 0.2) is 5.41 Å². The third-order valence-corrected chi connectivity index (χ3v) is 2.64. The summed E-state index contributed by atoms with van der Waals surface area (Å²) in [6.07, 6.45) is 10.3. The number of terminal acetylenes is 1. The Morgan fingerprint density at radius 3 is 2.16 bits per heavy atom. The van der Waals surface area contributed by atoms with Gasteiger partial charge in [-0.3, -0.25) is 9.59 Å². The summed E-state index contributed by atoms with van der Waals surface area (Å²) < 4.78 is 9.29. The van der Waals surface area contributed by atoms with Gasteiger partial charge in [0.05, 0.1) is 14.2 Å². The van der Waals surface area contributed by atoms with Crippen LogP contribution in [0, 0.1) is 17.8 Å². The van der Waals surface area contributed by atoms with Crippen molar-refractivity contribution in [1.29, 1.82) is 0 Å². The Morgan fingerprint density at radius 1 is 1.16 bits per heavy atom. The van der Waals surface area contributed by atoms with Crippen molar-refractivity contribution in [2.75, 3.05) is 14.2 Å². The molecule has 0 spiro atoms. The van der Waals surface area contributed by atoms with Gasteiger partial charge >= 0.3 is 11.9 Å². The summed E-state index contributed by atoms with van der Waals surface area (Å²) in [7, 11) is 2.37. The summed E-state index contributed by atoms with van der Waals surface area (Å²) in [6.45, 7) is 0. The first-order valence-corrected chi connectivity index (χ1v) is 5.78. The first-order valence-electron chi connectivity index (χ1n) is 5.78. The SMILES string of the molecule is C#CCC(C/C=C/CCC=O)(C(=O)OC)C(=O)OC. The van der Waals surface area contributed by atoms with Crippen molar-refractivity contribution in [1.82, 2.24) is 0 Å². The maximum Gasteiger partial charge on any atom is 0.324 e. The van der Waals surface area contributed by atoms with Crippen LogP contribution in [-0.4, -0.2) is 32.4 Å². The molecule has 0 unspecified atom stereocenters. The molecule has 0 fully saturated rings. The van der Waals surface area contributed by atoms with E-state index in [1.165, 1.54) is 14.2 Å². The highest BCUT2D eigenvalue weighted by Gasteiger charge is 2.46. The summed E-state index contributed by atoms with van der Waals surface area (Å²) >= 11 is 0. The number of esters is 2. The molecular weight excluding hydrogens is 248 g/mol. The van der Waals surface area contributed by atoms with Gasteiger partial charge in [-0.2, -0.15) is 0 Å². The molecule has 0 aliphatic rings. The number of carbonyl (C=O) groups excluding carboxylic acids is 3. The fourth-order valence-electron chi connectivity index (χ4n) is 1.60. The second kappa shape index (κ2) is 8.92. The van der Waals surface area contributed by atoms with Crippen LogP contribution < -0.4 is 0 Å². The van der Waals surface area contributed by atoms with E-state index < -0.39 is 17.4 Å². The van der Waals surface area contributed by atoms with E-state index in [4.69, 9.17) is 6.42 Å². The van der Waals surface area contributed by atoms with Crippen molar-refractivity contribution in [2.24, 2.45) is 5.41 Å². The number of methoxy groups -OCH3 is 2. The minimum absolute atomic E-state index is 0.0788. The van der Waals surface area contributed by atoms with Gasteiger partial charge in [0.2, 0.25) is 0 Å². The molecule has 0 saturated heterocycles. The molecule has 0 aliphatic carbocycles. The van der Waals surface area contributed by atoms with Crippen molar-refractivity contribution in [3.05, 3.63) is 12.2 Å². The van der Waals surface area contributed by atoms with E-state index in [1.54, 1.807) is 12.2 Å². The Bertz CT molecular complexity index is 373. The Kier molecular flexibility index (Phi) is 7.94. The zero-order valence-electron chi connectivity index (χ0n) is 11.2. The number of hydrogen-bond acceptors (Lipinski definition) is 5. The monoisotopic (exact) mass is 266 g/mol. The van der Waals surface area contributed by atoms with Gasteiger partial charge in [0.1, 0.15) is 6.29 Å². The van der Waals surface area contributed by atoms with E-state index >= 15 is 0 Å². The number of aldehydes is 1. The van der Waals surface area contributed by atoms with Crippen LogP contribution >= 0.6 is 0 Å². The molecule has 5 heteroatoms. The van der Waals surface area contributed by atoms with Crippen molar-refractivity contribution in [3.63, 3.8) is 0 Å². The number of allylic oxidation sites excluding steroid dienone is 2. The van der Waals surface area contributed by atoms with E-state index in [0.29, 0.717) is 12.8 Å². The maximum absolute atomic E-state index is 11.8. The molecule has 5 nitrogen and oxygen atoms in total. The number of unbranched alkanes of at least 4 members (excludes halogenated alkanes) is 1. The van der Waals surface area contributed by atoms with E-state index in [0.717, 1.165) is 6.29 Å². The van der Waals surface area contributed by atoms with E-state index in [1.807, 2.05) is 0 Å². The van der Waals surface area contributed by atoms with Gasteiger partial charge in [-0.1, -0.05) is 12.2 Å². The minimum atomic E-state index is -1.52. The van der Waals surface area contributed by atoms with Gasteiger partial charge in [0.25, 0.3) is 0 Å². The topological polar surface area (TPSA) is 69.7 Å². The zero-order valence-corrected chi connectivity index (χ0v) is 11.2. The highest BCUT2D eigenvalue weighted by atomic mass is 16.5. The predicted octanol–water partition coefficient (Wildman–Crippen LogP) is 1.27.